The van der Waals surface area contributed by atoms with E-state index in [9.17, 15) is 13.2 Å². The van der Waals surface area contributed by atoms with Crippen molar-refractivity contribution < 1.29 is 22.7 Å². The van der Waals surface area contributed by atoms with Crippen LogP contribution in [0.2, 0.25) is 0 Å². The molecule has 1 aliphatic rings. The molecule has 0 aliphatic carbocycles. The third-order valence-corrected chi connectivity index (χ3v) is 5.51. The smallest absolute Gasteiger partial charge is 0.350 e. The van der Waals surface area contributed by atoms with E-state index >= 15 is 0 Å². The van der Waals surface area contributed by atoms with Crippen LogP contribution >= 0.6 is 11.3 Å². The Bertz CT molecular complexity index is 826. The van der Waals surface area contributed by atoms with Gasteiger partial charge in [0.2, 0.25) is 0 Å². The van der Waals surface area contributed by atoms with E-state index in [1.165, 1.54) is 19.2 Å². The van der Waals surface area contributed by atoms with E-state index in [4.69, 9.17) is 4.74 Å². The standard InChI is InChI=1S/C14H13NO5S2/c1-19-14(16)13-11(5-7-21-13)15-22(17,18)10-2-3-12-9(8-10)4-6-20-12/h2-3,5,7-8,15H,4,6H2,1H3. The summed E-state index contributed by atoms with van der Waals surface area (Å²) in [6.07, 6.45) is 0.685. The Morgan fingerprint density at radius 1 is 1.36 bits per heavy atom. The summed E-state index contributed by atoms with van der Waals surface area (Å²) in [5.74, 6) is 0.139. The largest absolute Gasteiger partial charge is 0.493 e. The van der Waals surface area contributed by atoms with Gasteiger partial charge in [0.1, 0.15) is 10.6 Å². The molecule has 0 amide bonds. The van der Waals surface area contributed by atoms with E-state index in [1.54, 1.807) is 17.5 Å². The van der Waals surface area contributed by atoms with E-state index in [0.29, 0.717) is 18.8 Å². The van der Waals surface area contributed by atoms with E-state index in [-0.39, 0.29) is 15.5 Å². The molecule has 1 aromatic heterocycles. The van der Waals surface area contributed by atoms with Gasteiger partial charge in [0.05, 0.1) is 24.3 Å². The average Bonchev–Trinajstić information content (AvgIpc) is 3.13. The second-order valence-corrected chi connectivity index (χ2v) is 7.23. The van der Waals surface area contributed by atoms with Crippen LogP contribution < -0.4 is 9.46 Å². The fourth-order valence-electron chi connectivity index (χ4n) is 2.17. The lowest BCUT2D eigenvalue weighted by molar-refractivity contribution is 0.0607. The molecule has 0 radical (unpaired) electrons. The topological polar surface area (TPSA) is 81.7 Å². The van der Waals surface area contributed by atoms with Gasteiger partial charge in [-0.25, -0.2) is 13.2 Å². The van der Waals surface area contributed by atoms with Crippen LogP contribution in [0.3, 0.4) is 0 Å². The van der Waals surface area contributed by atoms with Gasteiger partial charge in [-0.3, -0.25) is 4.72 Å². The van der Waals surface area contributed by atoms with E-state index in [1.807, 2.05) is 0 Å². The predicted molar refractivity (Wildman–Crippen MR) is 82.1 cm³/mol. The second-order valence-electron chi connectivity index (χ2n) is 4.63. The molecule has 3 rings (SSSR count). The highest BCUT2D eigenvalue weighted by molar-refractivity contribution is 7.92. The number of ether oxygens (including phenoxy) is 2. The summed E-state index contributed by atoms with van der Waals surface area (Å²) in [6, 6.07) is 6.25. The molecule has 2 aromatic rings. The third-order valence-electron chi connectivity index (χ3n) is 3.25. The zero-order valence-corrected chi connectivity index (χ0v) is 13.3. The number of hydrogen-bond donors (Lipinski definition) is 1. The van der Waals surface area contributed by atoms with Crippen molar-refractivity contribution in [3.63, 3.8) is 0 Å². The van der Waals surface area contributed by atoms with Crippen molar-refractivity contribution in [2.75, 3.05) is 18.4 Å². The number of methoxy groups -OCH3 is 1. The Hall–Kier alpha value is -2.06. The monoisotopic (exact) mass is 339 g/mol. The molecular weight excluding hydrogens is 326 g/mol. The number of sulfonamides is 1. The lowest BCUT2D eigenvalue weighted by atomic mass is 10.2. The molecule has 0 spiro atoms. The van der Waals surface area contributed by atoms with Gasteiger partial charge in [-0.05, 0) is 35.2 Å². The molecular formula is C14H13NO5S2. The fourth-order valence-corrected chi connectivity index (χ4v) is 4.13. The molecule has 1 N–H and O–H groups in total. The molecule has 0 saturated heterocycles. The maximum absolute atomic E-state index is 12.5. The highest BCUT2D eigenvalue weighted by Gasteiger charge is 2.22. The Kier molecular flexibility index (Phi) is 3.79. The first-order valence-electron chi connectivity index (χ1n) is 6.45. The van der Waals surface area contributed by atoms with Gasteiger partial charge in [0.15, 0.2) is 0 Å². The average molecular weight is 339 g/mol. The lowest BCUT2D eigenvalue weighted by Crippen LogP contribution is -2.15. The Morgan fingerprint density at radius 3 is 2.95 bits per heavy atom. The van der Waals surface area contributed by atoms with Gasteiger partial charge in [-0.15, -0.1) is 11.3 Å². The number of carbonyl (C=O) groups is 1. The molecule has 6 nitrogen and oxygen atoms in total. The van der Waals surface area contributed by atoms with E-state index in [2.05, 4.69) is 9.46 Å². The van der Waals surface area contributed by atoms with Gasteiger partial charge in [-0.1, -0.05) is 0 Å². The maximum atomic E-state index is 12.5. The van der Waals surface area contributed by atoms with Crippen molar-refractivity contribution in [2.45, 2.75) is 11.3 Å². The number of anilines is 1. The highest BCUT2D eigenvalue weighted by atomic mass is 32.2. The molecule has 1 aliphatic heterocycles. The number of thiophene rings is 1. The summed E-state index contributed by atoms with van der Waals surface area (Å²) in [5, 5.41) is 1.63. The molecule has 8 heteroatoms. The van der Waals surface area contributed by atoms with E-state index in [0.717, 1.165) is 16.9 Å². The normalized spacial score (nSPS) is 13.3. The Labute approximate surface area is 131 Å². The molecule has 0 unspecified atom stereocenters. The van der Waals surface area contributed by atoms with Crippen LogP contribution in [0.15, 0.2) is 34.5 Å². The number of benzene rings is 1. The van der Waals surface area contributed by atoms with Crippen molar-refractivity contribution in [1.82, 2.24) is 0 Å². The van der Waals surface area contributed by atoms with Crippen molar-refractivity contribution >= 4 is 33.0 Å². The molecule has 22 heavy (non-hydrogen) atoms. The van der Waals surface area contributed by atoms with Crippen molar-refractivity contribution in [1.29, 1.82) is 0 Å². The van der Waals surface area contributed by atoms with Crippen LogP contribution in [0.4, 0.5) is 5.69 Å². The first-order valence-corrected chi connectivity index (χ1v) is 8.82. The zero-order valence-electron chi connectivity index (χ0n) is 11.7. The van der Waals surface area contributed by atoms with Crippen LogP contribution in [0, 0.1) is 0 Å². The molecule has 0 saturated carbocycles. The number of rotatable bonds is 4. The Morgan fingerprint density at radius 2 is 2.18 bits per heavy atom. The van der Waals surface area contributed by atoms with Crippen LogP contribution in [-0.2, 0) is 21.2 Å². The predicted octanol–water partition coefficient (Wildman–Crippen LogP) is 2.27. The molecule has 1 aromatic carbocycles. The molecule has 116 valence electrons. The number of carbonyl (C=O) groups excluding carboxylic acids is 1. The van der Waals surface area contributed by atoms with E-state index < -0.39 is 16.0 Å². The SMILES string of the molecule is COC(=O)c1sccc1NS(=O)(=O)c1ccc2c(c1)CCO2. The first kappa shape index (κ1) is 14.9. The molecule has 0 atom stereocenters. The van der Waals surface area contributed by atoms with Crippen LogP contribution in [0.25, 0.3) is 0 Å². The number of fused-ring (bicyclic) bond motifs is 1. The van der Waals surface area contributed by atoms with Crippen molar-refractivity contribution in [2.24, 2.45) is 0 Å². The summed E-state index contributed by atoms with van der Waals surface area (Å²) >= 11 is 1.12. The van der Waals surface area contributed by atoms with Crippen LogP contribution in [-0.4, -0.2) is 28.1 Å². The summed E-state index contributed by atoms with van der Waals surface area (Å²) in [4.78, 5) is 12.0. The maximum Gasteiger partial charge on any atom is 0.350 e. The lowest BCUT2D eigenvalue weighted by Gasteiger charge is -2.09. The van der Waals surface area contributed by atoms with Gasteiger partial charge in [-0.2, -0.15) is 0 Å². The third kappa shape index (κ3) is 2.67. The summed E-state index contributed by atoms with van der Waals surface area (Å²) in [6.45, 7) is 0.559. The second kappa shape index (κ2) is 5.62. The minimum Gasteiger partial charge on any atom is -0.493 e. The van der Waals surface area contributed by atoms with Crippen LogP contribution in [0.1, 0.15) is 15.2 Å². The molecule has 2 heterocycles. The summed E-state index contributed by atoms with van der Waals surface area (Å²) < 4.78 is 37.4. The van der Waals surface area contributed by atoms with Gasteiger partial charge in [0.25, 0.3) is 10.0 Å². The first-order chi connectivity index (χ1) is 10.5. The molecule has 0 fully saturated rings. The van der Waals surface area contributed by atoms with Crippen molar-refractivity contribution in [3.8, 4) is 5.75 Å². The van der Waals surface area contributed by atoms with Gasteiger partial charge in [0, 0.05) is 6.42 Å². The van der Waals surface area contributed by atoms with Gasteiger partial charge < -0.3 is 9.47 Å². The Balaban J connectivity index is 1.91. The minimum absolute atomic E-state index is 0.138. The summed E-state index contributed by atoms with van der Waals surface area (Å²) in [7, 11) is -2.52. The number of nitrogens with one attached hydrogen (secondary N) is 1. The molecule has 0 bridgehead atoms. The quantitative estimate of drug-likeness (QED) is 0.864. The van der Waals surface area contributed by atoms with Crippen LogP contribution in [0.5, 0.6) is 5.75 Å². The van der Waals surface area contributed by atoms with Crippen molar-refractivity contribution in [3.05, 3.63) is 40.1 Å². The highest BCUT2D eigenvalue weighted by Crippen LogP contribution is 2.30. The fraction of sp³-hybridized carbons (Fsp3) is 0.214. The number of esters is 1. The zero-order chi connectivity index (χ0) is 15.7. The minimum atomic E-state index is -3.78. The summed E-state index contributed by atoms with van der Waals surface area (Å²) in [5.41, 5.74) is 1.08. The number of hydrogen-bond acceptors (Lipinski definition) is 6. The van der Waals surface area contributed by atoms with Gasteiger partial charge >= 0.3 is 5.97 Å².